The van der Waals surface area contributed by atoms with E-state index in [4.69, 9.17) is 0 Å². The van der Waals surface area contributed by atoms with Gasteiger partial charge in [0.2, 0.25) is 0 Å². The Morgan fingerprint density at radius 3 is 2.71 bits per heavy atom. The Morgan fingerprint density at radius 1 is 1.33 bits per heavy atom. The number of halogens is 3. The molecule has 1 saturated heterocycles. The normalized spacial score (nSPS) is 18.2. The summed E-state index contributed by atoms with van der Waals surface area (Å²) in [6.45, 7) is 0.644. The van der Waals surface area contributed by atoms with Gasteiger partial charge in [-0.05, 0) is 25.0 Å². The first-order valence-electron chi connectivity index (χ1n) is 7.54. The third-order valence-electron chi connectivity index (χ3n) is 4.06. The van der Waals surface area contributed by atoms with Crippen LogP contribution in [-0.2, 0) is 13.2 Å². The fourth-order valence-electron chi connectivity index (χ4n) is 2.88. The Morgan fingerprint density at radius 2 is 2.12 bits per heavy atom. The highest BCUT2D eigenvalue weighted by Crippen LogP contribution is 2.30. The molecular formula is C15H16F3N5O. The van der Waals surface area contributed by atoms with Crippen LogP contribution in [0.4, 0.5) is 19.0 Å². The highest BCUT2D eigenvalue weighted by molar-refractivity contribution is 5.96. The summed E-state index contributed by atoms with van der Waals surface area (Å²) in [5.41, 5.74) is -0.490. The molecule has 0 spiro atoms. The van der Waals surface area contributed by atoms with Crippen LogP contribution < -0.4 is 4.90 Å². The number of alkyl halides is 3. The minimum atomic E-state index is -4.51. The van der Waals surface area contributed by atoms with Gasteiger partial charge in [0.15, 0.2) is 17.3 Å². The molecule has 6 nitrogen and oxygen atoms in total. The lowest BCUT2D eigenvalue weighted by Gasteiger charge is -2.24. The van der Waals surface area contributed by atoms with Crippen molar-refractivity contribution in [1.82, 2.24) is 20.0 Å². The maximum Gasteiger partial charge on any atom is 0.435 e. The maximum atomic E-state index is 12.6. The van der Waals surface area contributed by atoms with Gasteiger partial charge >= 0.3 is 6.18 Å². The van der Waals surface area contributed by atoms with E-state index >= 15 is 0 Å². The minimum Gasteiger partial charge on any atom is -0.352 e. The lowest BCUT2D eigenvalue weighted by Crippen LogP contribution is -2.32. The number of aryl methyl sites for hydroxylation is 1. The number of hydrogen-bond acceptors (Lipinski definition) is 5. The molecule has 3 rings (SSSR count). The van der Waals surface area contributed by atoms with Gasteiger partial charge in [-0.15, -0.1) is 10.2 Å². The van der Waals surface area contributed by atoms with E-state index in [1.165, 1.54) is 12.3 Å². The average Bonchev–Trinajstić information content (AvgIpc) is 3.15. The molecule has 2 aromatic rings. The molecular weight excluding hydrogens is 323 g/mol. The SMILES string of the molecule is Cn1cc(C(=O)C[C@@H]2CCCN2c2ccc(C(F)(F)F)nn2)cn1. The van der Waals surface area contributed by atoms with Gasteiger partial charge in [-0.2, -0.15) is 18.3 Å². The molecule has 0 bridgehead atoms. The Kier molecular flexibility index (Phi) is 4.25. The zero-order valence-electron chi connectivity index (χ0n) is 13.0. The molecule has 1 atom stereocenters. The number of Topliss-reactive ketones (excluding diaryl/α,β-unsaturated/α-hetero) is 1. The first-order chi connectivity index (χ1) is 11.3. The van der Waals surface area contributed by atoms with E-state index in [2.05, 4.69) is 15.3 Å². The molecule has 24 heavy (non-hydrogen) atoms. The summed E-state index contributed by atoms with van der Waals surface area (Å²) < 4.78 is 39.3. The standard InChI is InChI=1S/C15H16F3N5O/c1-22-9-10(8-19-22)12(24)7-11-3-2-6-23(11)14-5-4-13(20-21-14)15(16,17)18/h4-5,8-9,11H,2-3,6-7H2,1H3/t11-/m0/s1. The number of aromatic nitrogens is 4. The van der Waals surface area contributed by atoms with Gasteiger partial charge in [0, 0.05) is 32.3 Å². The van der Waals surface area contributed by atoms with Crippen LogP contribution in [0.5, 0.6) is 0 Å². The monoisotopic (exact) mass is 339 g/mol. The summed E-state index contributed by atoms with van der Waals surface area (Å²) in [4.78, 5) is 14.2. The van der Waals surface area contributed by atoms with Crippen molar-refractivity contribution in [3.63, 3.8) is 0 Å². The Hall–Kier alpha value is -2.45. The van der Waals surface area contributed by atoms with Crippen molar-refractivity contribution in [3.05, 3.63) is 35.8 Å². The molecule has 2 aromatic heterocycles. The summed E-state index contributed by atoms with van der Waals surface area (Å²) in [5.74, 6) is 0.323. The summed E-state index contributed by atoms with van der Waals surface area (Å²) in [6, 6.07) is 2.13. The van der Waals surface area contributed by atoms with Crippen molar-refractivity contribution in [2.45, 2.75) is 31.5 Å². The van der Waals surface area contributed by atoms with Crippen LogP contribution in [0.25, 0.3) is 0 Å². The van der Waals surface area contributed by atoms with Crippen LogP contribution in [-0.4, -0.2) is 38.3 Å². The van der Waals surface area contributed by atoms with Crippen molar-refractivity contribution >= 4 is 11.6 Å². The van der Waals surface area contributed by atoms with Crippen LogP contribution in [0, 0.1) is 0 Å². The van der Waals surface area contributed by atoms with E-state index < -0.39 is 11.9 Å². The minimum absolute atomic E-state index is 0.0418. The van der Waals surface area contributed by atoms with Crippen molar-refractivity contribution in [2.75, 3.05) is 11.4 Å². The van der Waals surface area contributed by atoms with Gasteiger partial charge in [-0.25, -0.2) is 0 Å². The fraction of sp³-hybridized carbons (Fsp3) is 0.467. The van der Waals surface area contributed by atoms with E-state index in [0.717, 1.165) is 18.9 Å². The predicted molar refractivity (Wildman–Crippen MR) is 79.6 cm³/mol. The second-order valence-corrected chi connectivity index (χ2v) is 5.79. The van der Waals surface area contributed by atoms with Crippen LogP contribution >= 0.6 is 0 Å². The molecule has 0 radical (unpaired) electrons. The largest absolute Gasteiger partial charge is 0.435 e. The van der Waals surface area contributed by atoms with E-state index in [9.17, 15) is 18.0 Å². The predicted octanol–water partition coefficient (Wildman–Crippen LogP) is 2.47. The van der Waals surface area contributed by atoms with Crippen molar-refractivity contribution < 1.29 is 18.0 Å². The van der Waals surface area contributed by atoms with Gasteiger partial charge in [0.05, 0.1) is 11.8 Å². The Balaban J connectivity index is 1.72. The number of carbonyl (C=O) groups is 1. The summed E-state index contributed by atoms with van der Waals surface area (Å²) in [5, 5.41) is 10.9. The third-order valence-corrected chi connectivity index (χ3v) is 4.06. The molecule has 9 heteroatoms. The zero-order valence-corrected chi connectivity index (χ0v) is 13.0. The van der Waals surface area contributed by atoms with Crippen molar-refractivity contribution in [1.29, 1.82) is 0 Å². The van der Waals surface area contributed by atoms with Gasteiger partial charge in [-0.1, -0.05) is 0 Å². The smallest absolute Gasteiger partial charge is 0.352 e. The third kappa shape index (κ3) is 3.39. The molecule has 1 aliphatic heterocycles. The molecule has 0 amide bonds. The van der Waals surface area contributed by atoms with Gasteiger partial charge in [-0.3, -0.25) is 9.48 Å². The molecule has 1 aliphatic rings. The first kappa shape index (κ1) is 16.4. The second-order valence-electron chi connectivity index (χ2n) is 5.79. The molecule has 0 unspecified atom stereocenters. The van der Waals surface area contributed by atoms with Gasteiger partial charge in [0.1, 0.15) is 0 Å². The molecule has 0 N–H and O–H groups in total. The van der Waals surface area contributed by atoms with Crippen LogP contribution in [0.2, 0.25) is 0 Å². The summed E-state index contributed by atoms with van der Waals surface area (Å²) in [7, 11) is 1.73. The van der Waals surface area contributed by atoms with E-state index in [1.54, 1.807) is 17.9 Å². The maximum absolute atomic E-state index is 12.6. The van der Waals surface area contributed by atoms with Crippen molar-refractivity contribution in [3.8, 4) is 0 Å². The van der Waals surface area contributed by atoms with Gasteiger partial charge in [0.25, 0.3) is 0 Å². The fourth-order valence-corrected chi connectivity index (χ4v) is 2.88. The van der Waals surface area contributed by atoms with Crippen LogP contribution in [0.1, 0.15) is 35.3 Å². The Bertz CT molecular complexity index is 725. The number of anilines is 1. The van der Waals surface area contributed by atoms with E-state index in [1.807, 2.05) is 4.90 Å². The molecule has 1 fully saturated rings. The zero-order chi connectivity index (χ0) is 17.3. The summed E-state index contributed by atoms with van der Waals surface area (Å²) >= 11 is 0. The molecule has 128 valence electrons. The van der Waals surface area contributed by atoms with Crippen LogP contribution in [0.3, 0.4) is 0 Å². The van der Waals surface area contributed by atoms with E-state index in [-0.39, 0.29) is 18.2 Å². The van der Waals surface area contributed by atoms with Crippen LogP contribution in [0.15, 0.2) is 24.5 Å². The molecule has 0 saturated carbocycles. The number of hydrogen-bond donors (Lipinski definition) is 0. The second kappa shape index (κ2) is 6.21. The lowest BCUT2D eigenvalue weighted by atomic mass is 10.0. The lowest BCUT2D eigenvalue weighted by molar-refractivity contribution is -0.141. The highest BCUT2D eigenvalue weighted by Gasteiger charge is 2.34. The van der Waals surface area contributed by atoms with E-state index in [0.29, 0.717) is 17.9 Å². The topological polar surface area (TPSA) is 63.9 Å². The number of ketones is 1. The average molecular weight is 339 g/mol. The van der Waals surface area contributed by atoms with Crippen molar-refractivity contribution in [2.24, 2.45) is 7.05 Å². The Labute approximate surface area is 136 Å². The van der Waals surface area contributed by atoms with Gasteiger partial charge < -0.3 is 4.90 Å². The summed E-state index contributed by atoms with van der Waals surface area (Å²) in [6.07, 6.45) is 0.572. The molecule has 0 aliphatic carbocycles. The quantitative estimate of drug-likeness (QED) is 0.801. The molecule has 0 aromatic carbocycles. The molecule has 3 heterocycles. The number of rotatable bonds is 4. The highest BCUT2D eigenvalue weighted by atomic mass is 19.4. The number of nitrogens with zero attached hydrogens (tertiary/aromatic N) is 5. The number of carbonyl (C=O) groups excluding carboxylic acids is 1. The first-order valence-corrected chi connectivity index (χ1v) is 7.54.